The third kappa shape index (κ3) is 3.23. The summed E-state index contributed by atoms with van der Waals surface area (Å²) < 4.78 is 69.4. The largest absolute Gasteiger partial charge is 0.443 e. The first-order valence-electron chi connectivity index (χ1n) is 8.12. The summed E-state index contributed by atoms with van der Waals surface area (Å²) in [6, 6.07) is 0.880. The topological polar surface area (TPSA) is 97.8 Å². The van der Waals surface area contributed by atoms with E-state index in [1.54, 1.807) is 0 Å². The third-order valence-electron chi connectivity index (χ3n) is 4.48. The molecule has 0 unspecified atom stereocenters. The Balaban J connectivity index is 1.82. The van der Waals surface area contributed by atoms with Gasteiger partial charge in [-0.15, -0.1) is 0 Å². The standard InChI is InChI=1S/C16H13F3N4O4S/c17-16(18,19)10-5-11(13-7-20-9-27-13)14-21-6-12(23(14)8-10)15(24)22-1-3-28(25,26)4-2-22/h5-9H,1-4H2. The molecule has 0 spiro atoms. The molecule has 148 valence electrons. The Morgan fingerprint density at radius 3 is 2.50 bits per heavy atom. The van der Waals surface area contributed by atoms with Crippen molar-refractivity contribution in [2.24, 2.45) is 0 Å². The molecule has 0 saturated carbocycles. The second-order valence-electron chi connectivity index (χ2n) is 6.29. The lowest BCUT2D eigenvalue weighted by Crippen LogP contribution is -2.44. The molecule has 0 atom stereocenters. The van der Waals surface area contributed by atoms with Gasteiger partial charge < -0.3 is 9.32 Å². The van der Waals surface area contributed by atoms with Gasteiger partial charge in [0.1, 0.15) is 11.3 Å². The maximum atomic E-state index is 13.4. The van der Waals surface area contributed by atoms with Crippen LogP contribution in [0.1, 0.15) is 16.1 Å². The molecule has 4 heterocycles. The first-order valence-corrected chi connectivity index (χ1v) is 9.95. The van der Waals surface area contributed by atoms with Gasteiger partial charge >= 0.3 is 6.18 Å². The van der Waals surface area contributed by atoms with Gasteiger partial charge in [0.2, 0.25) is 0 Å². The Morgan fingerprint density at radius 1 is 1.18 bits per heavy atom. The maximum absolute atomic E-state index is 13.4. The van der Waals surface area contributed by atoms with Crippen LogP contribution in [0, 0.1) is 0 Å². The summed E-state index contributed by atoms with van der Waals surface area (Å²) in [7, 11) is -3.21. The quantitative estimate of drug-likeness (QED) is 0.635. The summed E-state index contributed by atoms with van der Waals surface area (Å²) in [6.45, 7) is -0.0509. The van der Waals surface area contributed by atoms with Crippen LogP contribution in [0.3, 0.4) is 0 Å². The van der Waals surface area contributed by atoms with Crippen molar-refractivity contribution in [1.29, 1.82) is 0 Å². The average Bonchev–Trinajstić information content (AvgIpc) is 3.29. The van der Waals surface area contributed by atoms with Crippen molar-refractivity contribution in [1.82, 2.24) is 19.3 Å². The van der Waals surface area contributed by atoms with Crippen molar-refractivity contribution in [3.05, 3.63) is 42.3 Å². The fourth-order valence-corrected chi connectivity index (χ4v) is 4.21. The summed E-state index contributed by atoms with van der Waals surface area (Å²) in [5.74, 6) is -0.894. The van der Waals surface area contributed by atoms with Crippen molar-refractivity contribution >= 4 is 21.4 Å². The normalized spacial score (nSPS) is 17.2. The molecule has 3 aromatic rings. The fourth-order valence-electron chi connectivity index (χ4n) is 3.01. The van der Waals surface area contributed by atoms with Crippen LogP contribution < -0.4 is 0 Å². The average molecular weight is 414 g/mol. The Kier molecular flexibility index (Phi) is 4.17. The van der Waals surface area contributed by atoms with E-state index >= 15 is 0 Å². The van der Waals surface area contributed by atoms with E-state index in [0.29, 0.717) is 0 Å². The van der Waals surface area contributed by atoms with Crippen LogP contribution in [-0.2, 0) is 16.0 Å². The zero-order chi connectivity index (χ0) is 20.1. The van der Waals surface area contributed by atoms with E-state index in [9.17, 15) is 26.4 Å². The Morgan fingerprint density at radius 2 is 1.89 bits per heavy atom. The molecular weight excluding hydrogens is 401 g/mol. The summed E-state index contributed by atoms with van der Waals surface area (Å²) in [5.41, 5.74) is -0.953. The molecule has 1 saturated heterocycles. The lowest BCUT2D eigenvalue weighted by molar-refractivity contribution is -0.137. The third-order valence-corrected chi connectivity index (χ3v) is 6.09. The zero-order valence-corrected chi connectivity index (χ0v) is 15.0. The van der Waals surface area contributed by atoms with E-state index in [0.717, 1.165) is 23.1 Å². The number of carbonyl (C=O) groups excluding carboxylic acids is 1. The van der Waals surface area contributed by atoms with E-state index in [1.165, 1.54) is 17.3 Å². The fraction of sp³-hybridized carbons (Fsp3) is 0.312. The number of halogens is 3. The van der Waals surface area contributed by atoms with Gasteiger partial charge in [0, 0.05) is 19.3 Å². The van der Waals surface area contributed by atoms with E-state index in [-0.39, 0.29) is 47.3 Å². The van der Waals surface area contributed by atoms with Crippen LogP contribution in [0.25, 0.3) is 17.0 Å². The maximum Gasteiger partial charge on any atom is 0.417 e. The van der Waals surface area contributed by atoms with E-state index in [2.05, 4.69) is 9.97 Å². The number of fused-ring (bicyclic) bond motifs is 1. The van der Waals surface area contributed by atoms with Crippen molar-refractivity contribution in [2.45, 2.75) is 6.18 Å². The number of hydrogen-bond acceptors (Lipinski definition) is 6. The first kappa shape index (κ1) is 18.5. The lowest BCUT2D eigenvalue weighted by atomic mass is 10.1. The van der Waals surface area contributed by atoms with Crippen LogP contribution in [0.5, 0.6) is 0 Å². The SMILES string of the molecule is O=C(c1cnc2c(-c3cnco3)cc(C(F)(F)F)cn12)N1CCS(=O)(=O)CC1. The van der Waals surface area contributed by atoms with Crippen molar-refractivity contribution < 1.29 is 30.8 Å². The van der Waals surface area contributed by atoms with Gasteiger partial charge in [0.05, 0.1) is 35.0 Å². The molecule has 0 N–H and O–H groups in total. The van der Waals surface area contributed by atoms with Crippen LogP contribution in [-0.4, -0.2) is 58.2 Å². The number of imidazole rings is 1. The highest BCUT2D eigenvalue weighted by atomic mass is 32.2. The molecule has 0 aromatic carbocycles. The predicted molar refractivity (Wildman–Crippen MR) is 90.2 cm³/mol. The highest BCUT2D eigenvalue weighted by molar-refractivity contribution is 7.91. The minimum absolute atomic E-state index is 0.0255. The van der Waals surface area contributed by atoms with Gasteiger partial charge in [0.15, 0.2) is 22.0 Å². The second kappa shape index (κ2) is 6.33. The summed E-state index contributed by atoms with van der Waals surface area (Å²) >= 11 is 0. The molecule has 1 aliphatic heterocycles. The number of oxazole rings is 1. The van der Waals surface area contributed by atoms with Gasteiger partial charge in [-0.05, 0) is 6.07 Å². The number of hydrogen-bond donors (Lipinski definition) is 0. The minimum atomic E-state index is -4.66. The first-order chi connectivity index (χ1) is 13.2. The summed E-state index contributed by atoms with van der Waals surface area (Å²) in [6.07, 6.45) is -0.375. The van der Waals surface area contributed by atoms with Crippen LogP contribution >= 0.6 is 0 Å². The summed E-state index contributed by atoms with van der Waals surface area (Å²) in [5, 5.41) is 0. The van der Waals surface area contributed by atoms with Crippen LogP contribution in [0.4, 0.5) is 13.2 Å². The number of carbonyl (C=O) groups is 1. The molecule has 1 amide bonds. The van der Waals surface area contributed by atoms with Crippen LogP contribution in [0.15, 0.2) is 35.5 Å². The van der Waals surface area contributed by atoms with Gasteiger partial charge in [-0.1, -0.05) is 0 Å². The summed E-state index contributed by atoms with van der Waals surface area (Å²) in [4.78, 5) is 21.9. The Labute approximate surface area is 156 Å². The predicted octanol–water partition coefficient (Wildman–Crippen LogP) is 1.88. The lowest BCUT2D eigenvalue weighted by Gasteiger charge is -2.26. The van der Waals surface area contributed by atoms with E-state index in [4.69, 9.17) is 4.42 Å². The van der Waals surface area contributed by atoms with E-state index < -0.39 is 27.5 Å². The van der Waals surface area contributed by atoms with Crippen molar-refractivity contribution in [3.63, 3.8) is 0 Å². The monoisotopic (exact) mass is 414 g/mol. The number of pyridine rings is 1. The van der Waals surface area contributed by atoms with Crippen LogP contribution in [0.2, 0.25) is 0 Å². The highest BCUT2D eigenvalue weighted by Gasteiger charge is 2.34. The molecule has 0 aliphatic carbocycles. The number of nitrogens with zero attached hydrogens (tertiary/aromatic N) is 4. The van der Waals surface area contributed by atoms with Crippen molar-refractivity contribution in [2.75, 3.05) is 24.6 Å². The molecule has 8 nitrogen and oxygen atoms in total. The molecule has 0 radical (unpaired) electrons. The highest BCUT2D eigenvalue weighted by Crippen LogP contribution is 2.34. The Bertz CT molecular complexity index is 1140. The number of sulfone groups is 1. The van der Waals surface area contributed by atoms with Gasteiger partial charge in [-0.3, -0.25) is 9.20 Å². The second-order valence-corrected chi connectivity index (χ2v) is 8.59. The molecule has 3 aromatic heterocycles. The number of rotatable bonds is 2. The molecule has 4 rings (SSSR count). The van der Waals surface area contributed by atoms with Crippen molar-refractivity contribution in [3.8, 4) is 11.3 Å². The number of aromatic nitrogens is 3. The smallest absolute Gasteiger partial charge is 0.417 e. The van der Waals surface area contributed by atoms with Gasteiger partial charge in [-0.2, -0.15) is 13.2 Å². The molecule has 0 bridgehead atoms. The number of amides is 1. The van der Waals surface area contributed by atoms with Gasteiger partial charge in [0.25, 0.3) is 5.91 Å². The molecule has 1 aliphatic rings. The molecule has 1 fully saturated rings. The zero-order valence-electron chi connectivity index (χ0n) is 14.2. The van der Waals surface area contributed by atoms with Gasteiger partial charge in [-0.25, -0.2) is 18.4 Å². The minimum Gasteiger partial charge on any atom is -0.443 e. The molecular formula is C16H13F3N4O4S. The molecule has 28 heavy (non-hydrogen) atoms. The Hall–Kier alpha value is -2.89. The number of alkyl halides is 3. The molecule has 12 heteroatoms. The van der Waals surface area contributed by atoms with E-state index in [1.807, 2.05) is 0 Å².